The second-order valence-electron chi connectivity index (χ2n) is 7.63. The molecule has 3 aromatic heterocycles. The maximum Gasteiger partial charge on any atom is 0.253 e. The third kappa shape index (κ3) is 3.69. The first-order chi connectivity index (χ1) is 13.8. The second kappa shape index (κ2) is 7.43. The highest BCUT2D eigenvalue weighted by molar-refractivity contribution is 7.15. The van der Waals surface area contributed by atoms with Crippen LogP contribution in [0.1, 0.15) is 36.6 Å². The highest BCUT2D eigenvalue weighted by atomic mass is 32.1. The lowest BCUT2D eigenvalue weighted by molar-refractivity contribution is 0.351. The first kappa shape index (κ1) is 17.5. The van der Waals surface area contributed by atoms with Crippen LogP contribution in [0.3, 0.4) is 0 Å². The number of aromatic nitrogens is 5. The molecule has 2 fully saturated rings. The molecule has 144 valence electrons. The Kier molecular flexibility index (Phi) is 4.64. The maximum atomic E-state index is 12.5. The van der Waals surface area contributed by atoms with Gasteiger partial charge in [-0.05, 0) is 43.7 Å². The molecule has 28 heavy (non-hydrogen) atoms. The van der Waals surface area contributed by atoms with E-state index in [0.717, 1.165) is 43.2 Å². The van der Waals surface area contributed by atoms with Crippen molar-refractivity contribution in [1.29, 1.82) is 0 Å². The highest BCUT2D eigenvalue weighted by Crippen LogP contribution is 2.42. The minimum absolute atomic E-state index is 0.00226. The summed E-state index contributed by atoms with van der Waals surface area (Å²) in [6.07, 6.45) is 9.73. The van der Waals surface area contributed by atoms with Gasteiger partial charge < -0.3 is 4.90 Å². The summed E-state index contributed by atoms with van der Waals surface area (Å²) in [4.78, 5) is 23.3. The normalized spacial score (nSPS) is 17.8. The van der Waals surface area contributed by atoms with Gasteiger partial charge in [0, 0.05) is 49.6 Å². The lowest BCUT2D eigenvalue weighted by atomic mass is 9.97. The summed E-state index contributed by atoms with van der Waals surface area (Å²) in [6.45, 7) is 2.67. The zero-order valence-electron chi connectivity index (χ0n) is 15.6. The molecule has 2 aliphatic rings. The topological polar surface area (TPSA) is 76.8 Å². The molecule has 7 nitrogen and oxygen atoms in total. The van der Waals surface area contributed by atoms with Gasteiger partial charge in [0.2, 0.25) is 5.13 Å². The molecule has 0 unspecified atom stereocenters. The van der Waals surface area contributed by atoms with Crippen molar-refractivity contribution in [1.82, 2.24) is 24.7 Å². The van der Waals surface area contributed by atoms with E-state index in [1.807, 2.05) is 12.1 Å². The third-order valence-corrected chi connectivity index (χ3v) is 6.70. The van der Waals surface area contributed by atoms with Gasteiger partial charge in [0.15, 0.2) is 0 Å². The van der Waals surface area contributed by atoms with E-state index < -0.39 is 0 Å². The molecule has 1 saturated heterocycles. The van der Waals surface area contributed by atoms with E-state index in [4.69, 9.17) is 0 Å². The molecular weight excluding hydrogens is 372 g/mol. The second-order valence-corrected chi connectivity index (χ2v) is 8.62. The number of rotatable bonds is 5. The van der Waals surface area contributed by atoms with E-state index >= 15 is 0 Å². The largest absolute Gasteiger partial charge is 0.347 e. The van der Waals surface area contributed by atoms with Crippen LogP contribution >= 0.6 is 11.3 Å². The van der Waals surface area contributed by atoms with Crippen LogP contribution in [0.2, 0.25) is 0 Å². The molecule has 0 amide bonds. The molecule has 1 aliphatic heterocycles. The van der Waals surface area contributed by atoms with Crippen LogP contribution in [0, 0.1) is 5.92 Å². The van der Waals surface area contributed by atoms with Crippen molar-refractivity contribution in [3.05, 3.63) is 52.3 Å². The van der Waals surface area contributed by atoms with Crippen LogP contribution in [0.25, 0.3) is 11.3 Å². The summed E-state index contributed by atoms with van der Waals surface area (Å²) in [5, 5.41) is 11.0. The van der Waals surface area contributed by atoms with Crippen molar-refractivity contribution in [2.45, 2.75) is 38.1 Å². The van der Waals surface area contributed by atoms with Gasteiger partial charge in [-0.2, -0.15) is 0 Å². The van der Waals surface area contributed by atoms with E-state index in [9.17, 15) is 4.79 Å². The summed E-state index contributed by atoms with van der Waals surface area (Å²) in [5.74, 6) is 1.15. The molecule has 0 atom stereocenters. The fraction of sp³-hybridized carbons (Fsp3) is 0.450. The summed E-state index contributed by atoms with van der Waals surface area (Å²) in [5.41, 5.74) is 1.61. The number of anilines is 1. The molecule has 8 heteroatoms. The van der Waals surface area contributed by atoms with E-state index in [1.54, 1.807) is 40.7 Å². The number of nitrogens with zero attached hydrogens (tertiary/aromatic N) is 6. The van der Waals surface area contributed by atoms with Crippen molar-refractivity contribution < 1.29 is 0 Å². The molecule has 3 aromatic rings. The molecule has 4 heterocycles. The first-order valence-corrected chi connectivity index (χ1v) is 10.6. The van der Waals surface area contributed by atoms with Crippen LogP contribution < -0.4 is 10.5 Å². The van der Waals surface area contributed by atoms with Gasteiger partial charge in [0.1, 0.15) is 5.01 Å². The Bertz CT molecular complexity index is 1000. The molecular formula is C20H22N6OS. The van der Waals surface area contributed by atoms with Crippen LogP contribution in [-0.4, -0.2) is 37.8 Å². The number of hydrogen-bond acceptors (Lipinski definition) is 7. The minimum Gasteiger partial charge on any atom is -0.347 e. The van der Waals surface area contributed by atoms with Gasteiger partial charge in [-0.25, -0.2) is 4.98 Å². The Morgan fingerprint density at radius 2 is 1.86 bits per heavy atom. The van der Waals surface area contributed by atoms with Crippen molar-refractivity contribution in [3.8, 4) is 11.3 Å². The Hall–Kier alpha value is -2.61. The van der Waals surface area contributed by atoms with Crippen LogP contribution in [-0.2, 0) is 6.54 Å². The van der Waals surface area contributed by atoms with Gasteiger partial charge in [0.05, 0.1) is 12.0 Å². The molecule has 0 N–H and O–H groups in total. The summed E-state index contributed by atoms with van der Waals surface area (Å²) in [7, 11) is 0. The smallest absolute Gasteiger partial charge is 0.253 e. The molecule has 0 radical (unpaired) electrons. The molecule has 0 aromatic carbocycles. The number of hydrogen-bond donors (Lipinski definition) is 0. The molecule has 1 aliphatic carbocycles. The zero-order chi connectivity index (χ0) is 18.9. The predicted molar refractivity (Wildman–Crippen MR) is 109 cm³/mol. The Morgan fingerprint density at radius 3 is 2.57 bits per heavy atom. The zero-order valence-corrected chi connectivity index (χ0v) is 16.4. The summed E-state index contributed by atoms with van der Waals surface area (Å²) < 4.78 is 1.74. The maximum absolute atomic E-state index is 12.5. The molecule has 5 rings (SSSR count). The Balaban J connectivity index is 1.21. The van der Waals surface area contributed by atoms with E-state index in [1.165, 1.54) is 17.8 Å². The average Bonchev–Trinajstić information content (AvgIpc) is 3.47. The summed E-state index contributed by atoms with van der Waals surface area (Å²) in [6, 6.07) is 5.35. The van der Waals surface area contributed by atoms with Gasteiger partial charge in [-0.1, -0.05) is 11.3 Å². The minimum atomic E-state index is 0.00226. The quantitative estimate of drug-likeness (QED) is 0.662. The van der Waals surface area contributed by atoms with Gasteiger partial charge >= 0.3 is 0 Å². The predicted octanol–water partition coefficient (Wildman–Crippen LogP) is 2.95. The number of pyridine rings is 1. The lowest BCUT2D eigenvalue weighted by Crippen LogP contribution is -2.36. The van der Waals surface area contributed by atoms with Crippen molar-refractivity contribution >= 4 is 16.5 Å². The van der Waals surface area contributed by atoms with Crippen molar-refractivity contribution in [2.75, 3.05) is 18.0 Å². The van der Waals surface area contributed by atoms with E-state index in [2.05, 4.69) is 25.1 Å². The fourth-order valence-corrected chi connectivity index (χ4v) is 4.74. The van der Waals surface area contributed by atoms with Gasteiger partial charge in [0.25, 0.3) is 5.56 Å². The average molecular weight is 395 g/mol. The molecule has 1 saturated carbocycles. The number of piperidine rings is 1. The third-order valence-electron chi connectivity index (χ3n) is 5.55. The monoisotopic (exact) mass is 394 g/mol. The van der Waals surface area contributed by atoms with Crippen LogP contribution in [0.5, 0.6) is 0 Å². The van der Waals surface area contributed by atoms with Gasteiger partial charge in [-0.15, -0.1) is 10.2 Å². The van der Waals surface area contributed by atoms with Crippen molar-refractivity contribution in [3.63, 3.8) is 0 Å². The SMILES string of the molecule is O=c1cc(-c2ccncc2)ncn1CC1CCN(c2nnc(C3CC3)s2)CC1. The summed E-state index contributed by atoms with van der Waals surface area (Å²) >= 11 is 1.75. The lowest BCUT2D eigenvalue weighted by Gasteiger charge is -2.31. The Labute approximate surface area is 167 Å². The van der Waals surface area contributed by atoms with E-state index in [0.29, 0.717) is 17.5 Å². The van der Waals surface area contributed by atoms with E-state index in [-0.39, 0.29) is 5.56 Å². The molecule has 0 bridgehead atoms. The molecule has 0 spiro atoms. The van der Waals surface area contributed by atoms with Gasteiger partial charge in [-0.3, -0.25) is 14.3 Å². The van der Waals surface area contributed by atoms with Crippen molar-refractivity contribution in [2.24, 2.45) is 5.92 Å². The highest BCUT2D eigenvalue weighted by Gasteiger charge is 2.29. The van der Waals surface area contributed by atoms with Crippen LogP contribution in [0.15, 0.2) is 41.7 Å². The standard InChI is InChI=1S/C20H22N6OS/c27-18-11-17(15-3-7-21-8-4-15)22-13-26(18)12-14-5-9-25(10-6-14)20-24-23-19(28-20)16-1-2-16/h3-4,7-8,11,13-14,16H,1-2,5-6,9-10,12H2. The Morgan fingerprint density at radius 1 is 1.07 bits per heavy atom. The van der Waals surface area contributed by atoms with Crippen LogP contribution in [0.4, 0.5) is 5.13 Å². The fourth-order valence-electron chi connectivity index (χ4n) is 3.68. The first-order valence-electron chi connectivity index (χ1n) is 9.81.